The second-order valence-corrected chi connectivity index (χ2v) is 20.2. The van der Waals surface area contributed by atoms with Gasteiger partial charge in [0.15, 0.2) is 34.4 Å². The first kappa shape index (κ1) is 55.3. The maximum absolute atomic E-state index is 14.6. The van der Waals surface area contributed by atoms with Crippen molar-refractivity contribution < 1.29 is 55.6 Å². The number of hydrogen-bond donors (Lipinski definition) is 3. The lowest BCUT2D eigenvalue weighted by atomic mass is 10.0. The van der Waals surface area contributed by atoms with Crippen molar-refractivity contribution in [2.75, 3.05) is 50.7 Å². The Kier molecular flexibility index (Phi) is 16.5. The van der Waals surface area contributed by atoms with Gasteiger partial charge in [-0.25, -0.2) is 23.5 Å². The lowest BCUT2D eigenvalue weighted by molar-refractivity contribution is 0.0569. The highest BCUT2D eigenvalue weighted by Gasteiger charge is 2.29. The lowest BCUT2D eigenvalue weighted by Gasteiger charge is -2.28. The number of imidazole rings is 2. The van der Waals surface area contributed by atoms with Gasteiger partial charge in [0.25, 0.3) is 11.8 Å². The third-order valence-corrected chi connectivity index (χ3v) is 12.8. The molecule has 4 aromatic heterocycles. The number of aryl methyl sites for hydroxylation is 2. The summed E-state index contributed by atoms with van der Waals surface area (Å²) < 4.78 is 87.8. The van der Waals surface area contributed by atoms with Gasteiger partial charge >= 0.3 is 6.09 Å². The van der Waals surface area contributed by atoms with E-state index in [9.17, 15) is 31.9 Å². The first-order valence-corrected chi connectivity index (χ1v) is 25.7. The summed E-state index contributed by atoms with van der Waals surface area (Å²) in [6, 6.07) is 22.2. The van der Waals surface area contributed by atoms with E-state index in [1.165, 1.54) is 42.3 Å². The zero-order valence-electron chi connectivity index (χ0n) is 44.7. The molecule has 10 rings (SSSR count). The molecule has 20 heteroatoms. The Morgan fingerprint density at radius 2 is 1.15 bits per heavy atom. The maximum Gasteiger partial charge on any atom is 0.415 e. The van der Waals surface area contributed by atoms with Gasteiger partial charge in [-0.05, 0) is 120 Å². The summed E-state index contributed by atoms with van der Waals surface area (Å²) in [6.07, 6.45) is 9.99. The summed E-state index contributed by atoms with van der Waals surface area (Å²) >= 11 is 0. The normalized spacial score (nSPS) is 13.2. The highest BCUT2D eigenvalue weighted by atomic mass is 19.2. The Balaban J connectivity index is 0.000000195. The molecule has 2 saturated carbocycles. The minimum atomic E-state index is -1.14. The van der Waals surface area contributed by atoms with E-state index in [0.717, 1.165) is 65.8 Å². The van der Waals surface area contributed by atoms with Crippen LogP contribution in [0.5, 0.6) is 23.0 Å². The van der Waals surface area contributed by atoms with Crippen LogP contribution in [0.1, 0.15) is 78.3 Å². The molecule has 0 unspecified atom stereocenters. The molecule has 8 aromatic rings. The number of benzene rings is 4. The van der Waals surface area contributed by atoms with Crippen LogP contribution in [0, 0.1) is 37.1 Å². The molecule has 2 aliphatic carbocycles. The third kappa shape index (κ3) is 13.1. The van der Waals surface area contributed by atoms with E-state index in [1.54, 1.807) is 69.2 Å². The number of hydrogen-bond acceptors (Lipinski definition) is 11. The quantitative estimate of drug-likeness (QED) is 0.0552. The molecule has 0 bridgehead atoms. The summed E-state index contributed by atoms with van der Waals surface area (Å²) in [5.41, 5.74) is 6.96. The van der Waals surface area contributed by atoms with Crippen molar-refractivity contribution in [2.24, 2.45) is 0 Å². The van der Waals surface area contributed by atoms with Crippen LogP contribution in [0.2, 0.25) is 0 Å². The topological polar surface area (TPSA) is 171 Å². The number of rotatable bonds is 18. The van der Waals surface area contributed by atoms with Crippen molar-refractivity contribution >= 4 is 40.6 Å². The summed E-state index contributed by atoms with van der Waals surface area (Å²) in [6.45, 7) is 10.3. The highest BCUT2D eigenvalue weighted by Crippen LogP contribution is 2.37. The minimum Gasteiger partial charge on any atom is -0.453 e. The fraction of sp³-hybridized carbons (Fsp3) is 0.305. The van der Waals surface area contributed by atoms with Crippen molar-refractivity contribution in [2.45, 2.75) is 78.0 Å². The SMILES string of the molecule is COCCN(C(=O)OC(C)(C)C)c1cc(Oc2cccc(F)c2F)cn2c(-c3ccc(C(=O)NC4CC4)c(C)c3)cnc12.COCCNc1cc(Oc2cccc(F)c2F)cn2c(-c3ccc(C(=O)NC4CC4)c(C)c3)cnc12. The number of aromatic nitrogens is 4. The zero-order chi connectivity index (χ0) is 56.1. The smallest absolute Gasteiger partial charge is 0.415 e. The average molecular weight is 1090 g/mol. The molecule has 412 valence electrons. The molecule has 0 atom stereocenters. The van der Waals surface area contributed by atoms with Gasteiger partial charge in [0.2, 0.25) is 11.6 Å². The second-order valence-electron chi connectivity index (χ2n) is 20.2. The van der Waals surface area contributed by atoms with Gasteiger partial charge in [-0.1, -0.05) is 24.3 Å². The van der Waals surface area contributed by atoms with E-state index in [1.807, 2.05) is 48.6 Å². The van der Waals surface area contributed by atoms with E-state index in [2.05, 4.69) is 25.9 Å². The second kappa shape index (κ2) is 23.6. The Morgan fingerprint density at radius 3 is 1.63 bits per heavy atom. The van der Waals surface area contributed by atoms with Crippen LogP contribution in [0.4, 0.5) is 33.7 Å². The van der Waals surface area contributed by atoms with Crippen LogP contribution in [0.15, 0.2) is 110 Å². The van der Waals surface area contributed by atoms with Crippen molar-refractivity contribution in [1.82, 2.24) is 29.4 Å². The largest absolute Gasteiger partial charge is 0.453 e. The van der Waals surface area contributed by atoms with Gasteiger partial charge in [0, 0.05) is 67.2 Å². The van der Waals surface area contributed by atoms with Crippen molar-refractivity contribution in [3.8, 4) is 45.5 Å². The summed E-state index contributed by atoms with van der Waals surface area (Å²) in [7, 11) is 3.12. The average Bonchev–Trinajstić information content (AvgIpc) is 4.50. The number of methoxy groups -OCH3 is 2. The van der Waals surface area contributed by atoms with Crippen LogP contribution in [-0.4, -0.2) is 94.9 Å². The molecule has 0 saturated heterocycles. The van der Waals surface area contributed by atoms with Crippen LogP contribution in [-0.2, 0) is 14.2 Å². The molecule has 0 spiro atoms. The molecule has 79 heavy (non-hydrogen) atoms. The van der Waals surface area contributed by atoms with Crippen LogP contribution >= 0.6 is 0 Å². The van der Waals surface area contributed by atoms with E-state index in [4.69, 9.17) is 23.7 Å². The monoisotopic (exact) mass is 1080 g/mol. The number of amides is 3. The number of halogens is 4. The number of fused-ring (bicyclic) bond motifs is 2. The molecular weight excluding hydrogens is 1020 g/mol. The Labute approximate surface area is 453 Å². The molecule has 16 nitrogen and oxygen atoms in total. The predicted molar refractivity (Wildman–Crippen MR) is 290 cm³/mol. The van der Waals surface area contributed by atoms with Crippen molar-refractivity contribution in [3.05, 3.63) is 155 Å². The third-order valence-electron chi connectivity index (χ3n) is 12.8. The number of pyridine rings is 2. The molecule has 2 aliphatic rings. The standard InChI is InChI=1S/C32H34F2N4O5.C27H26F2N4O3/c1-19-15-20(9-12-23(19)30(39)36-21-10-11-21)26-17-35-29-25(37(13-14-41-5)31(40)43-32(2,3)4)16-22(18-38(26)29)42-27-8-6-7-24(33)28(27)34;1-16-12-17(6-9-20(16)27(34)32-18-7-8-18)23-14-31-26-22(30-10-11-35-2)13-19(15-33(23)26)36-24-5-3-4-21(28)25(24)29/h6-9,12,15-18,21H,10-11,13-14H2,1-5H3,(H,36,39);3-6,9,12-15,18,30H,7-8,10-11H2,1-2H3,(H,32,34). The van der Waals surface area contributed by atoms with Gasteiger partial charge in [0.1, 0.15) is 17.1 Å². The lowest BCUT2D eigenvalue weighted by Crippen LogP contribution is -2.39. The summed E-state index contributed by atoms with van der Waals surface area (Å²) in [4.78, 5) is 49.2. The van der Waals surface area contributed by atoms with Crippen molar-refractivity contribution in [1.29, 1.82) is 0 Å². The van der Waals surface area contributed by atoms with E-state index < -0.39 is 35.0 Å². The molecule has 0 aliphatic heterocycles. The summed E-state index contributed by atoms with van der Waals surface area (Å²) in [5, 5.41) is 9.28. The Morgan fingerprint density at radius 1 is 0.658 bits per heavy atom. The number of ether oxygens (including phenoxy) is 5. The molecule has 0 radical (unpaired) electrons. The van der Waals surface area contributed by atoms with Crippen LogP contribution in [0.3, 0.4) is 0 Å². The predicted octanol–water partition coefficient (Wildman–Crippen LogP) is 12.0. The molecule has 3 N–H and O–H groups in total. The molecule has 2 fully saturated rings. The maximum atomic E-state index is 14.6. The van der Waals surface area contributed by atoms with Gasteiger partial charge in [-0.15, -0.1) is 0 Å². The van der Waals surface area contributed by atoms with E-state index in [0.29, 0.717) is 58.4 Å². The fourth-order valence-corrected chi connectivity index (χ4v) is 8.59. The highest BCUT2D eigenvalue weighted by molar-refractivity contribution is 5.98. The number of anilines is 2. The van der Waals surface area contributed by atoms with Crippen molar-refractivity contribution in [3.63, 3.8) is 0 Å². The number of nitrogens with one attached hydrogen (secondary N) is 3. The van der Waals surface area contributed by atoms with E-state index in [-0.39, 0.29) is 54.3 Å². The minimum absolute atomic E-state index is 0.0721. The molecule has 4 heterocycles. The van der Waals surface area contributed by atoms with Gasteiger partial charge in [-0.3, -0.25) is 23.3 Å². The van der Waals surface area contributed by atoms with Crippen LogP contribution in [0.25, 0.3) is 33.8 Å². The zero-order valence-corrected chi connectivity index (χ0v) is 44.7. The molecular formula is C59H60F4N8O8. The van der Waals surface area contributed by atoms with Crippen LogP contribution < -0.4 is 30.3 Å². The molecule has 4 aromatic carbocycles. The van der Waals surface area contributed by atoms with Gasteiger partial charge in [-0.2, -0.15) is 8.78 Å². The van der Waals surface area contributed by atoms with Gasteiger partial charge < -0.3 is 39.6 Å². The van der Waals surface area contributed by atoms with Gasteiger partial charge in [0.05, 0.1) is 67.3 Å². The number of carbonyl (C=O) groups excluding carboxylic acids is 3. The van der Waals surface area contributed by atoms with E-state index >= 15 is 0 Å². The first-order valence-electron chi connectivity index (χ1n) is 25.7. The fourth-order valence-electron chi connectivity index (χ4n) is 8.59. The number of nitrogens with zero attached hydrogens (tertiary/aromatic N) is 5. The molecule has 3 amide bonds. The Bertz CT molecular complexity index is 3570. The number of carbonyl (C=O) groups is 3. The summed E-state index contributed by atoms with van der Waals surface area (Å²) in [5.74, 6) is -4.58. The Hall–Kier alpha value is -8.49. The first-order chi connectivity index (χ1) is 37.9.